The summed E-state index contributed by atoms with van der Waals surface area (Å²) in [7, 11) is 0. The average molecular weight is 366 g/mol. The highest BCUT2D eigenvalue weighted by Crippen LogP contribution is 2.22. The van der Waals surface area contributed by atoms with Crippen LogP contribution in [-0.2, 0) is 16.0 Å². The Morgan fingerprint density at radius 1 is 1.22 bits per heavy atom. The van der Waals surface area contributed by atoms with E-state index in [1.165, 1.54) is 0 Å². The summed E-state index contributed by atoms with van der Waals surface area (Å²) in [6.07, 6.45) is 1.12. The molecule has 0 aliphatic heterocycles. The van der Waals surface area contributed by atoms with Crippen molar-refractivity contribution in [3.05, 3.63) is 53.3 Å². The second kappa shape index (κ2) is 8.77. The lowest BCUT2D eigenvalue weighted by molar-refractivity contribution is -0.120. The number of hydrogen-bond donors (Lipinski definition) is 1. The molecule has 2 aromatic heterocycles. The molecular formula is C21H26N4O2. The third kappa shape index (κ3) is 4.52. The molecule has 3 aromatic rings. The predicted octanol–water partition coefficient (Wildman–Crippen LogP) is 3.10. The van der Waals surface area contributed by atoms with Gasteiger partial charge in [0, 0.05) is 48.3 Å². The summed E-state index contributed by atoms with van der Waals surface area (Å²) in [4.78, 5) is 17.0. The van der Waals surface area contributed by atoms with Crippen LogP contribution in [0.1, 0.15) is 30.3 Å². The number of nitrogens with one attached hydrogen (secondary N) is 1. The van der Waals surface area contributed by atoms with Crippen LogP contribution in [0.25, 0.3) is 16.9 Å². The van der Waals surface area contributed by atoms with Gasteiger partial charge in [-0.3, -0.25) is 4.79 Å². The van der Waals surface area contributed by atoms with Crippen LogP contribution in [0.5, 0.6) is 0 Å². The molecule has 6 heteroatoms. The van der Waals surface area contributed by atoms with Crippen molar-refractivity contribution in [2.75, 3.05) is 19.8 Å². The Labute approximate surface area is 159 Å². The summed E-state index contributed by atoms with van der Waals surface area (Å²) < 4.78 is 7.11. The second-order valence-corrected chi connectivity index (χ2v) is 6.50. The molecule has 2 heterocycles. The van der Waals surface area contributed by atoms with Gasteiger partial charge in [-0.2, -0.15) is 5.10 Å². The van der Waals surface area contributed by atoms with Crippen LogP contribution in [-0.4, -0.2) is 40.3 Å². The fraction of sp³-hybridized carbons (Fsp3) is 0.381. The third-order valence-electron chi connectivity index (χ3n) is 4.56. The minimum Gasteiger partial charge on any atom is -0.382 e. The van der Waals surface area contributed by atoms with Crippen LogP contribution in [0.15, 0.2) is 36.4 Å². The number of carbonyl (C=O) groups is 1. The van der Waals surface area contributed by atoms with E-state index in [1.54, 1.807) is 0 Å². The molecule has 0 radical (unpaired) electrons. The summed E-state index contributed by atoms with van der Waals surface area (Å²) in [5.74, 6) is -0.00529. The van der Waals surface area contributed by atoms with Crippen LogP contribution in [0, 0.1) is 13.8 Å². The van der Waals surface area contributed by atoms with E-state index in [1.807, 2.05) is 61.7 Å². The van der Waals surface area contributed by atoms with Crippen LogP contribution >= 0.6 is 0 Å². The molecule has 142 valence electrons. The number of rotatable bonds is 8. The van der Waals surface area contributed by atoms with E-state index in [2.05, 4.69) is 10.3 Å². The molecule has 0 saturated carbocycles. The van der Waals surface area contributed by atoms with E-state index in [0.29, 0.717) is 26.2 Å². The molecular weight excluding hydrogens is 340 g/mol. The molecule has 0 saturated heterocycles. The Bertz CT molecular complexity index is 919. The maximum absolute atomic E-state index is 12.3. The van der Waals surface area contributed by atoms with E-state index in [-0.39, 0.29) is 5.91 Å². The predicted molar refractivity (Wildman–Crippen MR) is 106 cm³/mol. The Kier molecular flexibility index (Phi) is 6.19. The summed E-state index contributed by atoms with van der Waals surface area (Å²) in [6, 6.07) is 12.0. The molecule has 0 unspecified atom stereocenters. The standard InChI is InChI=1S/C21H26N4O2/c1-4-27-12-8-11-22-21(26)13-18-15(2)23-20-14-19(24-25(20)16(18)3)17-9-6-5-7-10-17/h5-7,9-10,14H,4,8,11-13H2,1-3H3,(H,22,26). The molecule has 0 aliphatic carbocycles. The SMILES string of the molecule is CCOCCCNC(=O)Cc1c(C)nc2cc(-c3ccccc3)nn2c1C. The van der Waals surface area contributed by atoms with E-state index in [9.17, 15) is 4.79 Å². The molecule has 0 fully saturated rings. The highest BCUT2D eigenvalue weighted by atomic mass is 16.5. The van der Waals surface area contributed by atoms with E-state index in [0.717, 1.165) is 40.3 Å². The first-order valence-electron chi connectivity index (χ1n) is 9.36. The number of nitrogens with zero attached hydrogens (tertiary/aromatic N) is 3. The molecule has 27 heavy (non-hydrogen) atoms. The number of fused-ring (bicyclic) bond motifs is 1. The second-order valence-electron chi connectivity index (χ2n) is 6.50. The van der Waals surface area contributed by atoms with Crippen LogP contribution in [0.4, 0.5) is 0 Å². The summed E-state index contributed by atoms with van der Waals surface area (Å²) in [5.41, 5.74) is 5.46. The summed E-state index contributed by atoms with van der Waals surface area (Å²) in [6.45, 7) is 7.88. The smallest absolute Gasteiger partial charge is 0.224 e. The molecule has 0 spiro atoms. The monoisotopic (exact) mass is 366 g/mol. The topological polar surface area (TPSA) is 68.5 Å². The van der Waals surface area contributed by atoms with Gasteiger partial charge < -0.3 is 10.1 Å². The molecule has 0 atom stereocenters. The van der Waals surface area contributed by atoms with Gasteiger partial charge in [-0.15, -0.1) is 0 Å². The van der Waals surface area contributed by atoms with Gasteiger partial charge in [0.25, 0.3) is 0 Å². The van der Waals surface area contributed by atoms with Crippen molar-refractivity contribution in [2.24, 2.45) is 0 Å². The quantitative estimate of drug-likeness (QED) is 0.622. The first-order valence-corrected chi connectivity index (χ1v) is 9.36. The molecule has 0 aliphatic rings. The number of aryl methyl sites for hydroxylation is 2. The Hall–Kier alpha value is -2.73. The lowest BCUT2D eigenvalue weighted by Crippen LogP contribution is -2.27. The van der Waals surface area contributed by atoms with Gasteiger partial charge in [0.1, 0.15) is 0 Å². The van der Waals surface area contributed by atoms with Gasteiger partial charge in [0.2, 0.25) is 5.91 Å². The van der Waals surface area contributed by atoms with Crippen LogP contribution in [0.3, 0.4) is 0 Å². The molecule has 1 aromatic carbocycles. The zero-order valence-electron chi connectivity index (χ0n) is 16.2. The minimum absolute atomic E-state index is 0.00529. The first-order chi connectivity index (χ1) is 13.1. The molecule has 0 bridgehead atoms. The van der Waals surface area contributed by atoms with Gasteiger partial charge in [0.05, 0.1) is 12.1 Å². The normalized spacial score (nSPS) is 11.1. The minimum atomic E-state index is -0.00529. The van der Waals surface area contributed by atoms with Crippen molar-refractivity contribution >= 4 is 11.6 Å². The van der Waals surface area contributed by atoms with Gasteiger partial charge in [0.15, 0.2) is 5.65 Å². The van der Waals surface area contributed by atoms with Crippen molar-refractivity contribution in [3.63, 3.8) is 0 Å². The van der Waals surface area contributed by atoms with Crippen molar-refractivity contribution in [3.8, 4) is 11.3 Å². The Morgan fingerprint density at radius 2 is 2.00 bits per heavy atom. The fourth-order valence-corrected chi connectivity index (χ4v) is 3.10. The number of carbonyl (C=O) groups excluding carboxylic acids is 1. The third-order valence-corrected chi connectivity index (χ3v) is 4.56. The lowest BCUT2D eigenvalue weighted by Gasteiger charge is -2.11. The van der Waals surface area contributed by atoms with Crippen LogP contribution in [0.2, 0.25) is 0 Å². The lowest BCUT2D eigenvalue weighted by atomic mass is 10.1. The van der Waals surface area contributed by atoms with Crippen molar-refractivity contribution in [1.82, 2.24) is 19.9 Å². The maximum atomic E-state index is 12.3. The molecule has 3 rings (SSSR count). The highest BCUT2D eigenvalue weighted by Gasteiger charge is 2.15. The van der Waals surface area contributed by atoms with Crippen molar-refractivity contribution < 1.29 is 9.53 Å². The molecule has 1 amide bonds. The van der Waals surface area contributed by atoms with Gasteiger partial charge in [-0.05, 0) is 27.2 Å². The molecule has 6 nitrogen and oxygen atoms in total. The number of amides is 1. The van der Waals surface area contributed by atoms with Crippen molar-refractivity contribution in [2.45, 2.75) is 33.6 Å². The number of ether oxygens (including phenoxy) is 1. The first kappa shape index (κ1) is 19.0. The van der Waals surface area contributed by atoms with Gasteiger partial charge >= 0.3 is 0 Å². The van der Waals surface area contributed by atoms with Crippen molar-refractivity contribution in [1.29, 1.82) is 0 Å². The Balaban J connectivity index is 1.77. The average Bonchev–Trinajstić information content (AvgIpc) is 3.10. The maximum Gasteiger partial charge on any atom is 0.224 e. The number of aromatic nitrogens is 3. The summed E-state index contributed by atoms with van der Waals surface area (Å²) in [5, 5.41) is 7.64. The van der Waals surface area contributed by atoms with Crippen LogP contribution < -0.4 is 5.32 Å². The van der Waals surface area contributed by atoms with Gasteiger partial charge in [-0.1, -0.05) is 30.3 Å². The number of benzene rings is 1. The Morgan fingerprint density at radius 3 is 2.74 bits per heavy atom. The zero-order chi connectivity index (χ0) is 19.2. The highest BCUT2D eigenvalue weighted by molar-refractivity contribution is 5.79. The zero-order valence-corrected chi connectivity index (χ0v) is 16.2. The van der Waals surface area contributed by atoms with E-state index < -0.39 is 0 Å². The van der Waals surface area contributed by atoms with E-state index in [4.69, 9.17) is 9.84 Å². The fourth-order valence-electron chi connectivity index (χ4n) is 3.10. The summed E-state index contributed by atoms with van der Waals surface area (Å²) >= 11 is 0. The number of hydrogen-bond acceptors (Lipinski definition) is 4. The van der Waals surface area contributed by atoms with Gasteiger partial charge in [-0.25, -0.2) is 9.50 Å². The molecule has 1 N–H and O–H groups in total. The largest absolute Gasteiger partial charge is 0.382 e. The van der Waals surface area contributed by atoms with E-state index >= 15 is 0 Å².